The van der Waals surface area contributed by atoms with E-state index < -0.39 is 0 Å². The summed E-state index contributed by atoms with van der Waals surface area (Å²) in [5, 5.41) is 1.02. The van der Waals surface area contributed by atoms with Gasteiger partial charge < -0.3 is 4.57 Å². The molecule has 1 aromatic heterocycles. The van der Waals surface area contributed by atoms with Gasteiger partial charge in [0.1, 0.15) is 0 Å². The number of aldehydes is 1. The van der Waals surface area contributed by atoms with Crippen LogP contribution in [-0.4, -0.2) is 16.6 Å². The highest BCUT2D eigenvalue weighted by atomic mass is 16.1. The minimum atomic E-state index is -0.0671. The van der Waals surface area contributed by atoms with Crippen LogP contribution in [0, 0.1) is 0 Å². The van der Waals surface area contributed by atoms with E-state index in [1.54, 1.807) is 6.92 Å². The SMILES string of the molecule is CCCCn1cc(/C(C=O)=C(\C)C(C)=O)c2ccccc21. The van der Waals surface area contributed by atoms with Crippen molar-refractivity contribution in [1.82, 2.24) is 4.57 Å². The van der Waals surface area contributed by atoms with Crippen LogP contribution in [0.5, 0.6) is 0 Å². The third-order valence-corrected chi connectivity index (χ3v) is 3.88. The summed E-state index contributed by atoms with van der Waals surface area (Å²) in [7, 11) is 0. The Kier molecular flexibility index (Phi) is 4.73. The average molecular weight is 283 g/mol. The van der Waals surface area contributed by atoms with E-state index in [1.165, 1.54) is 6.92 Å². The number of carbonyl (C=O) groups is 2. The van der Waals surface area contributed by atoms with Gasteiger partial charge in [-0.1, -0.05) is 31.5 Å². The molecular weight excluding hydrogens is 262 g/mol. The highest BCUT2D eigenvalue weighted by Gasteiger charge is 2.15. The maximum absolute atomic E-state index is 11.6. The Bertz CT molecular complexity index is 707. The Morgan fingerprint density at radius 1 is 1.24 bits per heavy atom. The number of hydrogen-bond acceptors (Lipinski definition) is 2. The van der Waals surface area contributed by atoms with Crippen LogP contribution in [0.4, 0.5) is 0 Å². The molecule has 0 saturated heterocycles. The fourth-order valence-corrected chi connectivity index (χ4v) is 2.52. The summed E-state index contributed by atoms with van der Waals surface area (Å²) in [5.74, 6) is -0.0671. The lowest BCUT2D eigenvalue weighted by atomic mass is 9.99. The number of fused-ring (bicyclic) bond motifs is 1. The van der Waals surface area contributed by atoms with Crippen LogP contribution in [0.15, 0.2) is 36.0 Å². The first-order valence-corrected chi connectivity index (χ1v) is 7.35. The van der Waals surface area contributed by atoms with Crippen molar-refractivity contribution < 1.29 is 9.59 Å². The van der Waals surface area contributed by atoms with Gasteiger partial charge >= 0.3 is 0 Å². The van der Waals surface area contributed by atoms with E-state index >= 15 is 0 Å². The second-order valence-corrected chi connectivity index (χ2v) is 5.32. The molecule has 0 N–H and O–H groups in total. The summed E-state index contributed by atoms with van der Waals surface area (Å²) < 4.78 is 2.17. The van der Waals surface area contributed by atoms with E-state index in [0.717, 1.165) is 42.1 Å². The topological polar surface area (TPSA) is 39.1 Å². The Morgan fingerprint density at radius 2 is 1.95 bits per heavy atom. The lowest BCUT2D eigenvalue weighted by Gasteiger charge is -2.03. The first kappa shape index (κ1) is 15.2. The quantitative estimate of drug-likeness (QED) is 0.593. The highest BCUT2D eigenvalue weighted by molar-refractivity contribution is 6.20. The third-order valence-electron chi connectivity index (χ3n) is 3.88. The minimum Gasteiger partial charge on any atom is -0.347 e. The maximum Gasteiger partial charge on any atom is 0.156 e. The van der Waals surface area contributed by atoms with Crippen molar-refractivity contribution in [2.24, 2.45) is 0 Å². The van der Waals surface area contributed by atoms with Gasteiger partial charge in [-0.2, -0.15) is 0 Å². The van der Waals surface area contributed by atoms with E-state index in [-0.39, 0.29) is 5.78 Å². The Balaban J connectivity index is 2.66. The van der Waals surface area contributed by atoms with Gasteiger partial charge in [-0.15, -0.1) is 0 Å². The van der Waals surface area contributed by atoms with Gasteiger partial charge in [0.15, 0.2) is 12.1 Å². The molecule has 2 aromatic rings. The van der Waals surface area contributed by atoms with Crippen molar-refractivity contribution in [1.29, 1.82) is 0 Å². The van der Waals surface area contributed by atoms with Gasteiger partial charge in [-0.05, 0) is 26.3 Å². The second-order valence-electron chi connectivity index (χ2n) is 5.32. The van der Waals surface area contributed by atoms with Gasteiger partial charge in [0.2, 0.25) is 0 Å². The van der Waals surface area contributed by atoms with Crippen molar-refractivity contribution >= 4 is 28.5 Å². The van der Waals surface area contributed by atoms with Crippen molar-refractivity contribution in [2.45, 2.75) is 40.2 Å². The first-order chi connectivity index (χ1) is 10.1. The van der Waals surface area contributed by atoms with E-state index in [1.807, 2.05) is 24.4 Å². The number of Topliss-reactive ketones (excluding diaryl/α,β-unsaturated/α-hetero) is 1. The van der Waals surface area contributed by atoms with Gasteiger partial charge in [0.05, 0.1) is 0 Å². The van der Waals surface area contributed by atoms with Crippen LogP contribution in [0.2, 0.25) is 0 Å². The van der Waals surface area contributed by atoms with E-state index in [2.05, 4.69) is 17.6 Å². The molecule has 0 aliphatic carbocycles. The maximum atomic E-state index is 11.6. The standard InChI is InChI=1S/C18H21NO2/c1-4-5-10-19-11-16(15-8-6-7-9-18(15)19)17(12-20)13(2)14(3)21/h6-9,11-12H,4-5,10H2,1-3H3/b17-13+. The number of para-hydroxylation sites is 1. The molecule has 1 aromatic carbocycles. The van der Waals surface area contributed by atoms with E-state index in [9.17, 15) is 9.59 Å². The molecule has 0 radical (unpaired) electrons. The minimum absolute atomic E-state index is 0.0671. The normalized spacial score (nSPS) is 12.3. The summed E-state index contributed by atoms with van der Waals surface area (Å²) in [4.78, 5) is 23.1. The van der Waals surface area contributed by atoms with Crippen LogP contribution < -0.4 is 0 Å². The third kappa shape index (κ3) is 2.97. The molecule has 0 aliphatic heterocycles. The van der Waals surface area contributed by atoms with Crippen LogP contribution in [0.25, 0.3) is 16.5 Å². The number of allylic oxidation sites excluding steroid dienone is 2. The zero-order valence-electron chi connectivity index (χ0n) is 12.8. The molecule has 3 heteroatoms. The molecule has 3 nitrogen and oxygen atoms in total. The summed E-state index contributed by atoms with van der Waals surface area (Å²) in [6.07, 6.45) is 4.99. The molecule has 0 unspecified atom stereocenters. The largest absolute Gasteiger partial charge is 0.347 e. The van der Waals surface area contributed by atoms with Gasteiger partial charge in [0, 0.05) is 40.4 Å². The summed E-state index contributed by atoms with van der Waals surface area (Å²) >= 11 is 0. The zero-order valence-corrected chi connectivity index (χ0v) is 12.8. The van der Waals surface area contributed by atoms with Crippen molar-refractivity contribution in [3.05, 3.63) is 41.6 Å². The molecule has 0 amide bonds. The number of nitrogens with zero attached hydrogens (tertiary/aromatic N) is 1. The van der Waals surface area contributed by atoms with Gasteiger partial charge in [-0.3, -0.25) is 9.59 Å². The molecule has 110 valence electrons. The summed E-state index contributed by atoms with van der Waals surface area (Å²) in [6.45, 7) is 6.28. The fraction of sp³-hybridized carbons (Fsp3) is 0.333. The molecule has 0 bridgehead atoms. The predicted molar refractivity (Wildman–Crippen MR) is 86.2 cm³/mol. The number of aryl methyl sites for hydroxylation is 1. The lowest BCUT2D eigenvalue weighted by molar-refractivity contribution is -0.113. The molecule has 2 rings (SSSR count). The molecule has 1 heterocycles. The predicted octanol–water partition coefficient (Wildman–Crippen LogP) is 4.00. The van der Waals surface area contributed by atoms with Crippen molar-refractivity contribution in [3.63, 3.8) is 0 Å². The smallest absolute Gasteiger partial charge is 0.156 e. The Hall–Kier alpha value is -2.16. The molecule has 0 saturated carbocycles. The molecule has 0 fully saturated rings. The first-order valence-electron chi connectivity index (χ1n) is 7.35. The van der Waals surface area contributed by atoms with E-state index in [0.29, 0.717) is 11.1 Å². The van der Waals surface area contributed by atoms with Crippen LogP contribution in [0.3, 0.4) is 0 Å². The number of hydrogen-bond donors (Lipinski definition) is 0. The van der Waals surface area contributed by atoms with Crippen LogP contribution >= 0.6 is 0 Å². The van der Waals surface area contributed by atoms with Crippen LogP contribution in [0.1, 0.15) is 39.2 Å². The lowest BCUT2D eigenvalue weighted by Crippen LogP contribution is -1.99. The summed E-state index contributed by atoms with van der Waals surface area (Å²) in [5.41, 5.74) is 2.97. The molecule has 0 atom stereocenters. The Morgan fingerprint density at radius 3 is 2.57 bits per heavy atom. The van der Waals surface area contributed by atoms with Crippen molar-refractivity contribution in [2.75, 3.05) is 0 Å². The monoisotopic (exact) mass is 283 g/mol. The molecule has 21 heavy (non-hydrogen) atoms. The summed E-state index contributed by atoms with van der Waals surface area (Å²) in [6, 6.07) is 8.02. The molecular formula is C18H21NO2. The number of unbranched alkanes of at least 4 members (excludes halogenated alkanes) is 1. The number of aromatic nitrogens is 1. The van der Waals surface area contributed by atoms with E-state index in [4.69, 9.17) is 0 Å². The molecule has 0 aliphatic rings. The second kappa shape index (κ2) is 6.53. The average Bonchev–Trinajstić information content (AvgIpc) is 2.85. The number of carbonyl (C=O) groups excluding carboxylic acids is 2. The highest BCUT2D eigenvalue weighted by Crippen LogP contribution is 2.28. The van der Waals surface area contributed by atoms with Gasteiger partial charge in [0.25, 0.3) is 0 Å². The zero-order chi connectivity index (χ0) is 15.4. The fourth-order valence-electron chi connectivity index (χ4n) is 2.52. The number of rotatable bonds is 6. The van der Waals surface area contributed by atoms with Crippen molar-refractivity contribution in [3.8, 4) is 0 Å². The Labute approximate surface area is 125 Å². The number of benzene rings is 1. The number of ketones is 1. The molecule has 0 spiro atoms. The van der Waals surface area contributed by atoms with Gasteiger partial charge in [-0.25, -0.2) is 0 Å². The van der Waals surface area contributed by atoms with Crippen LogP contribution in [-0.2, 0) is 16.1 Å².